The van der Waals surface area contributed by atoms with E-state index < -0.39 is 0 Å². The lowest BCUT2D eigenvalue weighted by Gasteiger charge is -2.35. The van der Waals surface area contributed by atoms with Crippen LogP contribution in [0.5, 0.6) is 11.5 Å². The zero-order chi connectivity index (χ0) is 20.9. The van der Waals surface area contributed by atoms with Crippen molar-refractivity contribution in [2.75, 3.05) is 39.0 Å². The standard InChI is InChI=1S/C22H26ClN3O3S/c1-30-22-17(4-3-9-24-22)21(27)25-12-15-7-10-26(11-8-15)13-16-14-28-19-6-2-5-18(23)20(19)29-16/h2-6,9,15-16H,7-8,10-14H2,1H3,(H,25,27)/t16-/m0/s1. The van der Waals surface area contributed by atoms with Crippen LogP contribution in [0.4, 0.5) is 0 Å². The summed E-state index contributed by atoms with van der Waals surface area (Å²) in [6, 6.07) is 9.19. The van der Waals surface area contributed by atoms with E-state index in [1.54, 1.807) is 12.3 Å². The minimum absolute atomic E-state index is 0.0239. The van der Waals surface area contributed by atoms with Gasteiger partial charge in [0.2, 0.25) is 0 Å². The number of hydrogen-bond acceptors (Lipinski definition) is 6. The number of carbonyl (C=O) groups is 1. The number of hydrogen-bond donors (Lipinski definition) is 1. The first-order chi connectivity index (χ1) is 14.6. The molecule has 1 N–H and O–H groups in total. The molecule has 1 fully saturated rings. The summed E-state index contributed by atoms with van der Waals surface area (Å²) in [6.07, 6.45) is 5.72. The molecule has 1 aromatic carbocycles. The molecular formula is C22H26ClN3O3S. The number of fused-ring (bicyclic) bond motifs is 1. The summed E-state index contributed by atoms with van der Waals surface area (Å²) in [5.74, 6) is 1.80. The Morgan fingerprint density at radius 1 is 1.30 bits per heavy atom. The van der Waals surface area contributed by atoms with Crippen LogP contribution < -0.4 is 14.8 Å². The number of halogens is 1. The van der Waals surface area contributed by atoms with Crippen molar-refractivity contribution in [1.29, 1.82) is 0 Å². The van der Waals surface area contributed by atoms with Crippen LogP contribution in [0.15, 0.2) is 41.6 Å². The molecule has 0 spiro atoms. The van der Waals surface area contributed by atoms with Gasteiger partial charge in [-0.15, -0.1) is 11.8 Å². The molecule has 3 heterocycles. The van der Waals surface area contributed by atoms with Gasteiger partial charge < -0.3 is 14.8 Å². The largest absolute Gasteiger partial charge is 0.486 e. The van der Waals surface area contributed by atoms with E-state index in [2.05, 4.69) is 15.2 Å². The van der Waals surface area contributed by atoms with E-state index in [9.17, 15) is 4.79 Å². The van der Waals surface area contributed by atoms with Crippen molar-refractivity contribution >= 4 is 29.3 Å². The lowest BCUT2D eigenvalue weighted by atomic mass is 9.96. The third kappa shape index (κ3) is 5.02. The average Bonchev–Trinajstić information content (AvgIpc) is 2.79. The van der Waals surface area contributed by atoms with Crippen molar-refractivity contribution in [3.63, 3.8) is 0 Å². The quantitative estimate of drug-likeness (QED) is 0.680. The van der Waals surface area contributed by atoms with Gasteiger partial charge in [-0.3, -0.25) is 9.69 Å². The van der Waals surface area contributed by atoms with Gasteiger partial charge >= 0.3 is 0 Å². The molecule has 0 bridgehead atoms. The molecule has 0 radical (unpaired) electrons. The molecule has 1 saturated heterocycles. The fourth-order valence-electron chi connectivity index (χ4n) is 3.91. The van der Waals surface area contributed by atoms with Crippen molar-refractivity contribution in [2.24, 2.45) is 5.92 Å². The number of likely N-dealkylation sites (tertiary alicyclic amines) is 1. The minimum atomic E-state index is -0.0434. The molecule has 30 heavy (non-hydrogen) atoms. The van der Waals surface area contributed by atoms with Crippen molar-refractivity contribution < 1.29 is 14.3 Å². The molecule has 8 heteroatoms. The molecule has 0 saturated carbocycles. The Balaban J connectivity index is 1.22. The zero-order valence-corrected chi connectivity index (χ0v) is 18.5. The first-order valence-electron chi connectivity index (χ1n) is 10.2. The second-order valence-corrected chi connectivity index (χ2v) is 8.83. The van der Waals surface area contributed by atoms with Crippen LogP contribution in [-0.2, 0) is 0 Å². The fraction of sp³-hybridized carbons (Fsp3) is 0.455. The Morgan fingerprint density at radius 2 is 2.13 bits per heavy atom. The zero-order valence-electron chi connectivity index (χ0n) is 17.0. The Hall–Kier alpha value is -1.96. The van der Waals surface area contributed by atoms with Crippen molar-refractivity contribution in [3.05, 3.63) is 47.1 Å². The number of piperidine rings is 1. The van der Waals surface area contributed by atoms with Crippen molar-refractivity contribution in [2.45, 2.75) is 24.0 Å². The van der Waals surface area contributed by atoms with E-state index in [4.69, 9.17) is 21.1 Å². The molecular weight excluding hydrogens is 422 g/mol. The normalized spacial score (nSPS) is 19.5. The second kappa shape index (κ2) is 9.90. The lowest BCUT2D eigenvalue weighted by Crippen LogP contribution is -2.45. The number of nitrogens with zero attached hydrogens (tertiary/aromatic N) is 2. The number of pyridine rings is 1. The molecule has 0 unspecified atom stereocenters. The number of rotatable bonds is 6. The molecule has 1 aromatic heterocycles. The molecule has 0 aliphatic carbocycles. The van der Waals surface area contributed by atoms with Gasteiger partial charge in [-0.2, -0.15) is 0 Å². The molecule has 2 aromatic rings. The van der Waals surface area contributed by atoms with Gasteiger partial charge in [0.15, 0.2) is 11.5 Å². The Morgan fingerprint density at radius 3 is 2.93 bits per heavy atom. The van der Waals surface area contributed by atoms with Gasteiger partial charge in [0, 0.05) is 19.3 Å². The first-order valence-corrected chi connectivity index (χ1v) is 11.8. The Kier molecular flexibility index (Phi) is 7.02. The monoisotopic (exact) mass is 447 g/mol. The lowest BCUT2D eigenvalue weighted by molar-refractivity contribution is 0.0477. The maximum absolute atomic E-state index is 12.5. The van der Waals surface area contributed by atoms with E-state index in [0.717, 1.165) is 37.5 Å². The Labute approximate surface area is 186 Å². The second-order valence-electron chi connectivity index (χ2n) is 7.63. The number of thioether (sulfide) groups is 1. The summed E-state index contributed by atoms with van der Waals surface area (Å²) in [6.45, 7) is 4.02. The van der Waals surface area contributed by atoms with Crippen LogP contribution >= 0.6 is 23.4 Å². The fourth-order valence-corrected chi connectivity index (χ4v) is 4.67. The summed E-state index contributed by atoms with van der Waals surface area (Å²) in [5, 5.41) is 4.44. The van der Waals surface area contributed by atoms with E-state index in [1.165, 1.54) is 11.8 Å². The van der Waals surface area contributed by atoms with Crippen LogP contribution in [-0.4, -0.2) is 60.9 Å². The SMILES string of the molecule is CSc1ncccc1C(=O)NCC1CCN(C[C@H]2COc3cccc(Cl)c3O2)CC1. The summed E-state index contributed by atoms with van der Waals surface area (Å²) in [4.78, 5) is 19.2. The Bertz CT molecular complexity index is 890. The maximum atomic E-state index is 12.5. The van der Waals surface area contributed by atoms with Crippen molar-refractivity contribution in [1.82, 2.24) is 15.2 Å². The van der Waals surface area contributed by atoms with Gasteiger partial charge in [-0.25, -0.2) is 4.98 Å². The third-order valence-electron chi connectivity index (χ3n) is 5.57. The molecule has 4 rings (SSSR count). The van der Waals surface area contributed by atoms with Gasteiger partial charge in [0.25, 0.3) is 5.91 Å². The van der Waals surface area contributed by atoms with E-state index >= 15 is 0 Å². The number of benzene rings is 1. The highest BCUT2D eigenvalue weighted by atomic mass is 35.5. The number of nitrogens with one attached hydrogen (secondary N) is 1. The first kappa shape index (κ1) is 21.3. The highest BCUT2D eigenvalue weighted by molar-refractivity contribution is 7.98. The van der Waals surface area contributed by atoms with E-state index in [0.29, 0.717) is 41.2 Å². The van der Waals surface area contributed by atoms with Crippen molar-refractivity contribution in [3.8, 4) is 11.5 Å². The van der Waals surface area contributed by atoms with E-state index in [-0.39, 0.29) is 12.0 Å². The van der Waals surface area contributed by atoms with Gasteiger partial charge in [-0.1, -0.05) is 17.7 Å². The van der Waals surface area contributed by atoms with Crippen LogP contribution in [0.3, 0.4) is 0 Å². The number of para-hydroxylation sites is 1. The highest BCUT2D eigenvalue weighted by Crippen LogP contribution is 2.38. The molecule has 1 atom stereocenters. The molecule has 2 aliphatic rings. The predicted molar refractivity (Wildman–Crippen MR) is 119 cm³/mol. The summed E-state index contributed by atoms with van der Waals surface area (Å²) in [7, 11) is 0. The molecule has 6 nitrogen and oxygen atoms in total. The predicted octanol–water partition coefficient (Wildman–Crippen LogP) is 3.74. The van der Waals surface area contributed by atoms with Crippen LogP contribution in [0.2, 0.25) is 5.02 Å². The van der Waals surface area contributed by atoms with Crippen LogP contribution in [0, 0.1) is 5.92 Å². The molecule has 2 aliphatic heterocycles. The van der Waals surface area contributed by atoms with Gasteiger partial charge in [0.05, 0.1) is 10.6 Å². The van der Waals surface area contributed by atoms with Gasteiger partial charge in [-0.05, 0) is 62.4 Å². The number of carbonyl (C=O) groups excluding carboxylic acids is 1. The maximum Gasteiger partial charge on any atom is 0.254 e. The van der Waals surface area contributed by atoms with Gasteiger partial charge in [0.1, 0.15) is 17.7 Å². The number of ether oxygens (including phenoxy) is 2. The minimum Gasteiger partial charge on any atom is -0.486 e. The third-order valence-corrected chi connectivity index (χ3v) is 6.58. The topological polar surface area (TPSA) is 63.7 Å². The summed E-state index contributed by atoms with van der Waals surface area (Å²) in [5.41, 5.74) is 0.649. The number of aromatic nitrogens is 1. The summed E-state index contributed by atoms with van der Waals surface area (Å²) < 4.78 is 11.9. The molecule has 160 valence electrons. The number of amides is 1. The van der Waals surface area contributed by atoms with Crippen LogP contribution in [0.25, 0.3) is 0 Å². The summed E-state index contributed by atoms with van der Waals surface area (Å²) >= 11 is 7.72. The highest BCUT2D eigenvalue weighted by Gasteiger charge is 2.27. The average molecular weight is 448 g/mol. The van der Waals surface area contributed by atoms with E-state index in [1.807, 2.05) is 30.5 Å². The smallest absolute Gasteiger partial charge is 0.254 e. The van der Waals surface area contributed by atoms with Crippen LogP contribution in [0.1, 0.15) is 23.2 Å². The molecule has 1 amide bonds.